The molecule has 116 valence electrons. The van der Waals surface area contributed by atoms with Crippen LogP contribution in [0.1, 0.15) is 49.7 Å². The molecule has 6 heteroatoms. The van der Waals surface area contributed by atoms with Gasteiger partial charge in [0.2, 0.25) is 0 Å². The minimum absolute atomic E-state index is 0.000395. The number of nitrogens with one attached hydrogen (secondary N) is 1. The Labute approximate surface area is 140 Å². The number of morpholine rings is 1. The van der Waals surface area contributed by atoms with E-state index in [9.17, 15) is 0 Å². The predicted molar refractivity (Wildman–Crippen MR) is 91.7 cm³/mol. The Balaban J connectivity index is 1.89. The molecule has 3 rings (SSSR count). The molecule has 2 heterocycles. The highest BCUT2D eigenvalue weighted by molar-refractivity contribution is 14.1. The van der Waals surface area contributed by atoms with Crippen LogP contribution in [0.15, 0.2) is 0 Å². The molecule has 1 aromatic rings. The first-order valence-corrected chi connectivity index (χ1v) is 8.88. The predicted octanol–water partition coefficient (Wildman–Crippen LogP) is 2.78. The maximum Gasteiger partial charge on any atom is 0.161 e. The van der Waals surface area contributed by atoms with Gasteiger partial charge in [-0.25, -0.2) is 9.97 Å². The van der Waals surface area contributed by atoms with E-state index in [-0.39, 0.29) is 6.10 Å². The molecule has 2 fully saturated rings. The van der Waals surface area contributed by atoms with Gasteiger partial charge in [-0.05, 0) is 48.9 Å². The van der Waals surface area contributed by atoms with Gasteiger partial charge in [0, 0.05) is 25.6 Å². The highest BCUT2D eigenvalue weighted by atomic mass is 127. The van der Waals surface area contributed by atoms with Crippen molar-refractivity contribution in [1.82, 2.24) is 14.9 Å². The van der Waals surface area contributed by atoms with E-state index in [0.29, 0.717) is 5.92 Å². The second-order valence-electron chi connectivity index (χ2n) is 5.95. The number of likely N-dealkylation sites (N-methyl/N-ethyl adjacent to an activating group) is 1. The van der Waals surface area contributed by atoms with E-state index in [1.165, 1.54) is 22.1 Å². The van der Waals surface area contributed by atoms with Crippen molar-refractivity contribution in [2.75, 3.05) is 38.6 Å². The molecule has 1 unspecified atom stereocenters. The van der Waals surface area contributed by atoms with Crippen LogP contribution in [0.5, 0.6) is 0 Å². The van der Waals surface area contributed by atoms with Crippen molar-refractivity contribution >= 4 is 28.4 Å². The first kappa shape index (κ1) is 15.4. The molecule has 1 aliphatic heterocycles. The van der Waals surface area contributed by atoms with Gasteiger partial charge in [0.05, 0.1) is 15.9 Å². The van der Waals surface area contributed by atoms with Crippen molar-refractivity contribution in [3.05, 3.63) is 15.1 Å². The van der Waals surface area contributed by atoms with E-state index in [4.69, 9.17) is 14.7 Å². The minimum Gasteiger partial charge on any atom is -0.369 e. The third kappa shape index (κ3) is 3.65. The zero-order chi connectivity index (χ0) is 14.8. The van der Waals surface area contributed by atoms with Crippen LogP contribution in [0.25, 0.3) is 0 Å². The molecule has 0 radical (unpaired) electrons. The SMILES string of the molecule is CCCNc1nc(C2CN(C)CCO2)nc(C2CC2)c1I. The highest BCUT2D eigenvalue weighted by Crippen LogP contribution is 2.42. The topological polar surface area (TPSA) is 50.3 Å². The molecule has 5 nitrogen and oxygen atoms in total. The Hall–Kier alpha value is -0.470. The third-order valence-corrected chi connectivity index (χ3v) is 5.02. The molecule has 0 spiro atoms. The van der Waals surface area contributed by atoms with E-state index < -0.39 is 0 Å². The smallest absolute Gasteiger partial charge is 0.161 e. The van der Waals surface area contributed by atoms with Gasteiger partial charge in [-0.1, -0.05) is 6.92 Å². The maximum atomic E-state index is 5.89. The molecule has 1 atom stereocenters. The second-order valence-corrected chi connectivity index (χ2v) is 7.03. The summed E-state index contributed by atoms with van der Waals surface area (Å²) in [5, 5.41) is 3.45. The lowest BCUT2D eigenvalue weighted by molar-refractivity contribution is -0.0255. The minimum atomic E-state index is 0.000395. The molecule has 1 aromatic heterocycles. The Bertz CT molecular complexity index is 507. The summed E-state index contributed by atoms with van der Waals surface area (Å²) in [6.07, 6.45) is 3.60. The maximum absolute atomic E-state index is 5.89. The van der Waals surface area contributed by atoms with Gasteiger partial charge in [0.25, 0.3) is 0 Å². The Morgan fingerprint density at radius 2 is 2.19 bits per heavy atom. The van der Waals surface area contributed by atoms with Gasteiger partial charge in [-0.15, -0.1) is 0 Å². The standard InChI is InChI=1S/C15H23IN4O/c1-3-6-17-15-12(16)13(10-4-5-10)18-14(19-15)11-9-20(2)7-8-21-11/h10-11H,3-9H2,1-2H3,(H,17,18,19). The Morgan fingerprint density at radius 3 is 2.86 bits per heavy atom. The van der Waals surface area contributed by atoms with Crippen LogP contribution in [0.2, 0.25) is 0 Å². The van der Waals surface area contributed by atoms with Crippen LogP contribution in [0, 0.1) is 3.57 Å². The number of hydrogen-bond acceptors (Lipinski definition) is 5. The second kappa shape index (κ2) is 6.75. The molecule has 1 saturated heterocycles. The van der Waals surface area contributed by atoms with Gasteiger partial charge in [-0.2, -0.15) is 0 Å². The lowest BCUT2D eigenvalue weighted by atomic mass is 10.2. The molecule has 1 N–H and O–H groups in total. The molecule has 2 aliphatic rings. The lowest BCUT2D eigenvalue weighted by Gasteiger charge is -2.29. The molecule has 0 bridgehead atoms. The molecule has 0 amide bonds. The van der Waals surface area contributed by atoms with Crippen LogP contribution in [0.4, 0.5) is 5.82 Å². The number of nitrogens with zero attached hydrogens (tertiary/aromatic N) is 3. The number of hydrogen-bond donors (Lipinski definition) is 1. The van der Waals surface area contributed by atoms with Gasteiger partial charge in [0.1, 0.15) is 11.9 Å². The van der Waals surface area contributed by atoms with Crippen LogP contribution in [-0.4, -0.2) is 48.2 Å². The number of halogens is 1. The van der Waals surface area contributed by atoms with Crippen molar-refractivity contribution in [1.29, 1.82) is 0 Å². The van der Waals surface area contributed by atoms with E-state index >= 15 is 0 Å². The van der Waals surface area contributed by atoms with Crippen molar-refractivity contribution in [3.63, 3.8) is 0 Å². The summed E-state index contributed by atoms with van der Waals surface area (Å²) in [7, 11) is 2.13. The fourth-order valence-corrected chi connectivity index (χ4v) is 3.42. The Morgan fingerprint density at radius 1 is 1.38 bits per heavy atom. The average molecular weight is 402 g/mol. The van der Waals surface area contributed by atoms with Crippen molar-refractivity contribution in [2.24, 2.45) is 0 Å². The van der Waals surface area contributed by atoms with E-state index in [0.717, 1.165) is 44.3 Å². The van der Waals surface area contributed by atoms with Gasteiger partial charge in [0.15, 0.2) is 5.82 Å². The van der Waals surface area contributed by atoms with Gasteiger partial charge in [-0.3, -0.25) is 0 Å². The van der Waals surface area contributed by atoms with Crippen molar-refractivity contribution in [2.45, 2.75) is 38.2 Å². The first-order chi connectivity index (χ1) is 10.2. The average Bonchev–Trinajstić information content (AvgIpc) is 3.31. The summed E-state index contributed by atoms with van der Waals surface area (Å²) in [5.41, 5.74) is 1.22. The summed E-state index contributed by atoms with van der Waals surface area (Å²) >= 11 is 2.39. The molecule has 1 saturated carbocycles. The zero-order valence-corrected chi connectivity index (χ0v) is 14.9. The fourth-order valence-electron chi connectivity index (χ4n) is 2.55. The Kier molecular flexibility index (Phi) is 4.96. The van der Waals surface area contributed by atoms with Crippen LogP contribution < -0.4 is 5.32 Å². The lowest BCUT2D eigenvalue weighted by Crippen LogP contribution is -2.36. The van der Waals surface area contributed by atoms with Crippen LogP contribution in [-0.2, 0) is 4.74 Å². The summed E-state index contributed by atoms with van der Waals surface area (Å²) in [4.78, 5) is 11.9. The van der Waals surface area contributed by atoms with E-state index in [1.54, 1.807) is 0 Å². The fraction of sp³-hybridized carbons (Fsp3) is 0.733. The van der Waals surface area contributed by atoms with Gasteiger partial charge < -0.3 is 15.0 Å². The first-order valence-electron chi connectivity index (χ1n) is 7.80. The van der Waals surface area contributed by atoms with Crippen molar-refractivity contribution in [3.8, 4) is 0 Å². The van der Waals surface area contributed by atoms with E-state index in [2.05, 4.69) is 46.8 Å². The van der Waals surface area contributed by atoms with Gasteiger partial charge >= 0.3 is 0 Å². The molecule has 21 heavy (non-hydrogen) atoms. The summed E-state index contributed by atoms with van der Waals surface area (Å²) in [6, 6.07) is 0. The third-order valence-electron chi connectivity index (χ3n) is 3.96. The monoisotopic (exact) mass is 402 g/mol. The quantitative estimate of drug-likeness (QED) is 0.768. The summed E-state index contributed by atoms with van der Waals surface area (Å²) < 4.78 is 7.08. The van der Waals surface area contributed by atoms with Crippen LogP contribution in [0.3, 0.4) is 0 Å². The zero-order valence-electron chi connectivity index (χ0n) is 12.7. The molecular weight excluding hydrogens is 379 g/mol. The molecule has 1 aliphatic carbocycles. The van der Waals surface area contributed by atoms with Crippen molar-refractivity contribution < 1.29 is 4.74 Å². The summed E-state index contributed by atoms with van der Waals surface area (Å²) in [5.74, 6) is 2.46. The summed E-state index contributed by atoms with van der Waals surface area (Å²) in [6.45, 7) is 5.73. The van der Waals surface area contributed by atoms with Crippen LogP contribution >= 0.6 is 22.6 Å². The molecular formula is C15H23IN4O. The number of ether oxygens (including phenoxy) is 1. The number of aromatic nitrogens is 2. The largest absolute Gasteiger partial charge is 0.369 e. The number of rotatable bonds is 5. The number of anilines is 1. The molecule has 0 aromatic carbocycles. The normalized spacial score (nSPS) is 23.3. The van der Waals surface area contributed by atoms with E-state index in [1.807, 2.05) is 0 Å². The highest BCUT2D eigenvalue weighted by Gasteiger charge is 2.31.